The predicted octanol–water partition coefficient (Wildman–Crippen LogP) is 3.96. The topological polar surface area (TPSA) is 48.8 Å². The predicted molar refractivity (Wildman–Crippen MR) is 91.8 cm³/mol. The Morgan fingerprint density at radius 2 is 2.14 bits per heavy atom. The molecule has 1 aliphatic heterocycles. The average molecular weight is 300 g/mol. The Labute approximate surface area is 134 Å². The fraction of sp³-hybridized carbons (Fsp3) is 0.556. The Morgan fingerprint density at radius 1 is 1.36 bits per heavy atom. The van der Waals surface area contributed by atoms with E-state index in [0.717, 1.165) is 31.6 Å². The minimum absolute atomic E-state index is 0.679. The Balaban J connectivity index is 1.87. The van der Waals surface area contributed by atoms with Crippen LogP contribution in [-0.2, 0) is 0 Å². The molecule has 120 valence electrons. The molecule has 2 N–H and O–H groups in total. The van der Waals surface area contributed by atoms with E-state index < -0.39 is 0 Å². The van der Waals surface area contributed by atoms with Crippen LogP contribution in [0.1, 0.15) is 42.7 Å². The molecule has 1 aromatic carbocycles. The van der Waals surface area contributed by atoms with Crippen LogP contribution in [0.2, 0.25) is 0 Å². The minimum Gasteiger partial charge on any atom is -0.316 e. The van der Waals surface area contributed by atoms with Crippen molar-refractivity contribution in [2.24, 2.45) is 16.3 Å². The highest BCUT2D eigenvalue weighted by atomic mass is 15.4. The van der Waals surface area contributed by atoms with Crippen LogP contribution in [0.25, 0.3) is 0 Å². The lowest BCUT2D eigenvalue weighted by molar-refractivity contribution is 0.303. The smallest absolute Gasteiger partial charge is 0.0509 e. The molecule has 2 atom stereocenters. The first-order valence-corrected chi connectivity index (χ1v) is 8.20. The summed E-state index contributed by atoms with van der Waals surface area (Å²) in [6.45, 7) is 8.37. The Morgan fingerprint density at radius 3 is 2.86 bits per heavy atom. The average Bonchev–Trinajstić information content (AvgIpc) is 2.54. The van der Waals surface area contributed by atoms with Gasteiger partial charge in [-0.15, -0.1) is 0 Å². The minimum atomic E-state index is 0.679. The first-order valence-electron chi connectivity index (χ1n) is 8.20. The number of hydrogen-bond acceptors (Lipinski definition) is 3. The van der Waals surface area contributed by atoms with E-state index in [1.807, 2.05) is 0 Å². The van der Waals surface area contributed by atoms with Gasteiger partial charge in [-0.1, -0.05) is 41.6 Å². The van der Waals surface area contributed by atoms with Crippen molar-refractivity contribution in [2.45, 2.75) is 38.5 Å². The molecule has 0 bridgehead atoms. The van der Waals surface area contributed by atoms with E-state index in [4.69, 9.17) is 0 Å². The zero-order valence-electron chi connectivity index (χ0n) is 13.8. The van der Waals surface area contributed by atoms with Gasteiger partial charge in [0.15, 0.2) is 0 Å². The summed E-state index contributed by atoms with van der Waals surface area (Å²) in [6, 6.07) is 9.08. The zero-order chi connectivity index (χ0) is 15.8. The number of nitrogens with one attached hydrogen (secondary N) is 2. The molecule has 1 heterocycles. The van der Waals surface area contributed by atoms with Crippen molar-refractivity contribution in [3.8, 4) is 0 Å². The Bertz CT molecular complexity index is 492. The number of benzene rings is 1. The van der Waals surface area contributed by atoms with Crippen molar-refractivity contribution in [3.63, 3.8) is 0 Å². The van der Waals surface area contributed by atoms with Crippen LogP contribution >= 0.6 is 0 Å². The molecule has 0 saturated carbocycles. The van der Waals surface area contributed by atoms with Gasteiger partial charge in [0.05, 0.1) is 7.05 Å². The SMILES string of the molecule is C=C(CCC[C@@H]1CNCCC1c1ccc(C)cc1)NN=NC. The van der Waals surface area contributed by atoms with Crippen molar-refractivity contribution < 1.29 is 0 Å². The summed E-state index contributed by atoms with van der Waals surface area (Å²) in [7, 11) is 1.65. The standard InChI is InChI=1S/C18H28N4/c1-14-7-9-16(10-8-14)18-11-12-20-13-17(18)6-4-5-15(2)21-22-19-3/h7-10,17-18,20H,2,4-6,11-13H2,1,3H3,(H,19,21)/t17-,18?/m1/s1. The van der Waals surface area contributed by atoms with Gasteiger partial charge in [0.1, 0.15) is 0 Å². The molecule has 1 fully saturated rings. The Kier molecular flexibility index (Phi) is 6.59. The van der Waals surface area contributed by atoms with Crippen molar-refractivity contribution in [1.82, 2.24) is 10.7 Å². The second-order valence-corrected chi connectivity index (χ2v) is 6.18. The first kappa shape index (κ1) is 16.7. The molecule has 22 heavy (non-hydrogen) atoms. The highest BCUT2D eigenvalue weighted by Crippen LogP contribution is 2.33. The summed E-state index contributed by atoms with van der Waals surface area (Å²) in [6.07, 6.45) is 4.54. The van der Waals surface area contributed by atoms with Gasteiger partial charge in [-0.25, -0.2) is 0 Å². The molecule has 2 rings (SSSR count). The van der Waals surface area contributed by atoms with E-state index in [-0.39, 0.29) is 0 Å². The number of allylic oxidation sites excluding steroid dienone is 1. The number of rotatable bonds is 7. The highest BCUT2D eigenvalue weighted by molar-refractivity contribution is 5.25. The zero-order valence-corrected chi connectivity index (χ0v) is 13.8. The van der Waals surface area contributed by atoms with Crippen LogP contribution in [0.3, 0.4) is 0 Å². The van der Waals surface area contributed by atoms with Gasteiger partial charge in [-0.05, 0) is 63.1 Å². The van der Waals surface area contributed by atoms with Gasteiger partial charge in [-0.3, -0.25) is 5.43 Å². The normalized spacial score (nSPS) is 21.9. The maximum absolute atomic E-state index is 3.98. The molecule has 0 radical (unpaired) electrons. The summed E-state index contributed by atoms with van der Waals surface area (Å²) >= 11 is 0. The van der Waals surface area contributed by atoms with Gasteiger partial charge >= 0.3 is 0 Å². The third-order valence-electron chi connectivity index (χ3n) is 4.47. The summed E-state index contributed by atoms with van der Waals surface area (Å²) in [5, 5.41) is 11.0. The molecule has 1 aliphatic rings. The summed E-state index contributed by atoms with van der Waals surface area (Å²) in [5.41, 5.74) is 6.64. The van der Waals surface area contributed by atoms with E-state index in [2.05, 4.69) is 58.8 Å². The second kappa shape index (κ2) is 8.69. The lowest BCUT2D eigenvalue weighted by Crippen LogP contribution is -2.35. The van der Waals surface area contributed by atoms with Gasteiger partial charge in [0.2, 0.25) is 0 Å². The van der Waals surface area contributed by atoms with E-state index in [1.54, 1.807) is 7.05 Å². The molecule has 1 saturated heterocycles. The molecule has 1 aromatic rings. The quantitative estimate of drug-likeness (QED) is 0.591. The van der Waals surface area contributed by atoms with Crippen LogP contribution in [-0.4, -0.2) is 20.1 Å². The molecule has 0 aliphatic carbocycles. The van der Waals surface area contributed by atoms with Crippen molar-refractivity contribution in [3.05, 3.63) is 47.7 Å². The van der Waals surface area contributed by atoms with Gasteiger partial charge in [0.25, 0.3) is 0 Å². The van der Waals surface area contributed by atoms with Gasteiger partial charge in [0, 0.05) is 5.70 Å². The van der Waals surface area contributed by atoms with Crippen molar-refractivity contribution in [1.29, 1.82) is 0 Å². The summed E-state index contributed by atoms with van der Waals surface area (Å²) in [5.74, 6) is 1.38. The Hall–Kier alpha value is -1.68. The number of hydrogen-bond donors (Lipinski definition) is 2. The molecule has 4 nitrogen and oxygen atoms in total. The van der Waals surface area contributed by atoms with E-state index >= 15 is 0 Å². The third-order valence-corrected chi connectivity index (χ3v) is 4.47. The van der Waals surface area contributed by atoms with Gasteiger partial charge in [-0.2, -0.15) is 5.11 Å². The van der Waals surface area contributed by atoms with Crippen molar-refractivity contribution in [2.75, 3.05) is 20.1 Å². The molecule has 1 unspecified atom stereocenters. The largest absolute Gasteiger partial charge is 0.316 e. The highest BCUT2D eigenvalue weighted by Gasteiger charge is 2.25. The summed E-state index contributed by atoms with van der Waals surface area (Å²) in [4.78, 5) is 0. The number of piperidine rings is 1. The van der Waals surface area contributed by atoms with Crippen LogP contribution in [0.4, 0.5) is 0 Å². The van der Waals surface area contributed by atoms with E-state index in [1.165, 1.54) is 24.0 Å². The fourth-order valence-corrected chi connectivity index (χ4v) is 3.23. The van der Waals surface area contributed by atoms with Crippen LogP contribution in [0.15, 0.2) is 46.9 Å². The first-order chi connectivity index (χ1) is 10.7. The monoisotopic (exact) mass is 300 g/mol. The number of aryl methyl sites for hydroxylation is 1. The van der Waals surface area contributed by atoms with Crippen molar-refractivity contribution >= 4 is 0 Å². The lowest BCUT2D eigenvalue weighted by atomic mass is 9.78. The third kappa shape index (κ3) is 4.95. The fourth-order valence-electron chi connectivity index (χ4n) is 3.23. The maximum atomic E-state index is 3.98. The number of nitrogens with zero attached hydrogens (tertiary/aromatic N) is 2. The van der Waals surface area contributed by atoms with Crippen LogP contribution < -0.4 is 10.7 Å². The van der Waals surface area contributed by atoms with Crippen LogP contribution in [0.5, 0.6) is 0 Å². The van der Waals surface area contributed by atoms with Crippen LogP contribution in [0, 0.1) is 12.8 Å². The molecular weight excluding hydrogens is 272 g/mol. The van der Waals surface area contributed by atoms with E-state index in [0.29, 0.717) is 11.8 Å². The van der Waals surface area contributed by atoms with E-state index in [9.17, 15) is 0 Å². The van der Waals surface area contributed by atoms with Gasteiger partial charge < -0.3 is 5.32 Å². The molecule has 0 aromatic heterocycles. The molecule has 0 spiro atoms. The molecule has 4 heteroatoms. The molecule has 0 amide bonds. The summed E-state index contributed by atoms with van der Waals surface area (Å²) < 4.78 is 0. The molecular formula is C18H28N4. The lowest BCUT2D eigenvalue weighted by Gasteiger charge is -2.33. The maximum Gasteiger partial charge on any atom is 0.0509 e. The second-order valence-electron chi connectivity index (χ2n) is 6.18.